The van der Waals surface area contributed by atoms with Gasteiger partial charge in [0.15, 0.2) is 5.13 Å². The normalized spacial score (nSPS) is 10.8. The quantitative estimate of drug-likeness (QED) is 0.692. The summed E-state index contributed by atoms with van der Waals surface area (Å²) < 4.78 is 4.99. The number of hydrogen-bond acceptors (Lipinski definition) is 6. The van der Waals surface area contributed by atoms with Gasteiger partial charge in [0.25, 0.3) is 0 Å². The van der Waals surface area contributed by atoms with Crippen LogP contribution in [0.5, 0.6) is 0 Å². The van der Waals surface area contributed by atoms with E-state index in [-0.39, 0.29) is 6.42 Å². The van der Waals surface area contributed by atoms with E-state index in [4.69, 9.17) is 9.84 Å². The maximum Gasteiger partial charge on any atom is 0.309 e. The summed E-state index contributed by atoms with van der Waals surface area (Å²) in [5, 5.41) is 14.3. The number of thiazole rings is 1. The van der Waals surface area contributed by atoms with E-state index in [0.717, 1.165) is 31.4 Å². The summed E-state index contributed by atoms with van der Waals surface area (Å²) in [6.07, 6.45) is -0.0219. The fourth-order valence-corrected chi connectivity index (χ4v) is 2.08. The third-order valence-corrected chi connectivity index (χ3v) is 3.18. The highest BCUT2D eigenvalue weighted by atomic mass is 32.1. The Morgan fingerprint density at radius 1 is 1.61 bits per heavy atom. The lowest BCUT2D eigenvalue weighted by molar-refractivity contribution is -0.136. The van der Waals surface area contributed by atoms with E-state index in [1.54, 1.807) is 12.5 Å². The number of carbonyl (C=O) groups is 1. The summed E-state index contributed by atoms with van der Waals surface area (Å²) in [5.74, 6) is -0.855. The van der Waals surface area contributed by atoms with Crippen molar-refractivity contribution in [3.8, 4) is 0 Å². The van der Waals surface area contributed by atoms with Crippen LogP contribution >= 0.6 is 11.3 Å². The number of carboxylic acids is 1. The van der Waals surface area contributed by atoms with Gasteiger partial charge in [0.2, 0.25) is 0 Å². The number of methoxy groups -OCH3 is 1. The molecule has 0 atom stereocenters. The molecule has 1 aromatic rings. The van der Waals surface area contributed by atoms with Gasteiger partial charge in [-0.2, -0.15) is 0 Å². The number of rotatable bonds is 9. The molecular weight excluding hydrogens is 254 g/mol. The lowest BCUT2D eigenvalue weighted by atomic mass is 10.3. The van der Waals surface area contributed by atoms with E-state index in [2.05, 4.69) is 15.2 Å². The van der Waals surface area contributed by atoms with E-state index in [0.29, 0.717) is 5.69 Å². The largest absolute Gasteiger partial charge is 0.481 e. The molecular formula is C11H19N3O3S. The van der Waals surface area contributed by atoms with Gasteiger partial charge < -0.3 is 20.1 Å². The van der Waals surface area contributed by atoms with Gasteiger partial charge in [-0.15, -0.1) is 11.3 Å². The molecule has 0 radical (unpaired) electrons. The highest BCUT2D eigenvalue weighted by molar-refractivity contribution is 7.13. The Kier molecular flexibility index (Phi) is 6.63. The van der Waals surface area contributed by atoms with Crippen LogP contribution in [0.1, 0.15) is 5.69 Å². The maximum absolute atomic E-state index is 10.5. The van der Waals surface area contributed by atoms with Crippen LogP contribution in [-0.2, 0) is 16.0 Å². The van der Waals surface area contributed by atoms with Gasteiger partial charge in [0.05, 0.1) is 18.7 Å². The summed E-state index contributed by atoms with van der Waals surface area (Å²) in [4.78, 5) is 16.9. The first-order valence-corrected chi connectivity index (χ1v) is 6.57. The molecule has 0 spiro atoms. The zero-order valence-corrected chi connectivity index (χ0v) is 11.5. The molecule has 6 nitrogen and oxygen atoms in total. The smallest absolute Gasteiger partial charge is 0.309 e. The Morgan fingerprint density at radius 3 is 3.06 bits per heavy atom. The van der Waals surface area contributed by atoms with Crippen LogP contribution in [0.3, 0.4) is 0 Å². The Balaban J connectivity index is 2.22. The average Bonchev–Trinajstić information content (AvgIpc) is 2.73. The summed E-state index contributed by atoms with van der Waals surface area (Å²) in [5.41, 5.74) is 0.600. The molecule has 102 valence electrons. The van der Waals surface area contributed by atoms with E-state index < -0.39 is 5.97 Å². The van der Waals surface area contributed by atoms with E-state index in [1.165, 1.54) is 11.3 Å². The van der Waals surface area contributed by atoms with Crippen LogP contribution in [0.15, 0.2) is 5.38 Å². The molecule has 2 N–H and O–H groups in total. The predicted octanol–water partition coefficient (Wildman–Crippen LogP) is 0.760. The predicted molar refractivity (Wildman–Crippen MR) is 71.3 cm³/mol. The number of nitrogens with zero attached hydrogens (tertiary/aromatic N) is 2. The second-order valence-corrected chi connectivity index (χ2v) is 4.80. The molecule has 0 fully saturated rings. The van der Waals surface area contributed by atoms with Crippen LogP contribution in [0.4, 0.5) is 5.13 Å². The standard InChI is InChI=1S/C11H19N3O3S/c1-14(5-6-17-2)4-3-12-11-13-9(8-18-11)7-10(15)16/h8H,3-7H2,1-2H3,(H,12,13)(H,15,16). The molecule has 1 rings (SSSR count). The average molecular weight is 273 g/mol. The van der Waals surface area contributed by atoms with E-state index >= 15 is 0 Å². The van der Waals surface area contributed by atoms with Crippen molar-refractivity contribution in [1.82, 2.24) is 9.88 Å². The van der Waals surface area contributed by atoms with Crippen molar-refractivity contribution < 1.29 is 14.6 Å². The second-order valence-electron chi connectivity index (χ2n) is 3.94. The number of ether oxygens (including phenoxy) is 1. The SMILES string of the molecule is COCCN(C)CCNc1nc(CC(=O)O)cs1. The first kappa shape index (κ1) is 14.9. The van der Waals surface area contributed by atoms with Gasteiger partial charge in [-0.3, -0.25) is 4.79 Å². The Labute approximate surface area is 111 Å². The number of hydrogen-bond donors (Lipinski definition) is 2. The van der Waals surface area contributed by atoms with Gasteiger partial charge >= 0.3 is 5.97 Å². The molecule has 7 heteroatoms. The van der Waals surface area contributed by atoms with Crippen molar-refractivity contribution in [3.05, 3.63) is 11.1 Å². The highest BCUT2D eigenvalue weighted by Crippen LogP contribution is 2.15. The van der Waals surface area contributed by atoms with Crippen LogP contribution in [0, 0.1) is 0 Å². The molecule has 0 aliphatic rings. The molecule has 0 aliphatic heterocycles. The minimum absolute atomic E-state index is 0.0219. The summed E-state index contributed by atoms with van der Waals surface area (Å²) in [6.45, 7) is 3.27. The minimum Gasteiger partial charge on any atom is -0.481 e. The van der Waals surface area contributed by atoms with Crippen LogP contribution in [0.2, 0.25) is 0 Å². The molecule has 18 heavy (non-hydrogen) atoms. The Hall–Kier alpha value is -1.18. The van der Waals surface area contributed by atoms with Crippen LogP contribution in [0.25, 0.3) is 0 Å². The molecule has 0 aliphatic carbocycles. The number of anilines is 1. The number of likely N-dealkylation sites (N-methyl/N-ethyl adjacent to an activating group) is 1. The first-order valence-electron chi connectivity index (χ1n) is 5.69. The lowest BCUT2D eigenvalue weighted by Crippen LogP contribution is -2.28. The van der Waals surface area contributed by atoms with Crippen molar-refractivity contribution in [1.29, 1.82) is 0 Å². The molecule has 0 unspecified atom stereocenters. The van der Waals surface area contributed by atoms with Crippen LogP contribution < -0.4 is 5.32 Å². The fraction of sp³-hybridized carbons (Fsp3) is 0.636. The Morgan fingerprint density at radius 2 is 2.39 bits per heavy atom. The van der Waals surface area contributed by atoms with Gasteiger partial charge in [-0.05, 0) is 7.05 Å². The van der Waals surface area contributed by atoms with Gasteiger partial charge in [0.1, 0.15) is 0 Å². The highest BCUT2D eigenvalue weighted by Gasteiger charge is 2.05. The van der Waals surface area contributed by atoms with Gasteiger partial charge in [0, 0.05) is 32.1 Å². The third kappa shape index (κ3) is 5.95. The van der Waals surface area contributed by atoms with Crippen molar-refractivity contribution in [2.75, 3.05) is 45.7 Å². The number of aliphatic carboxylic acids is 1. The summed E-state index contributed by atoms with van der Waals surface area (Å²) in [6, 6.07) is 0. The summed E-state index contributed by atoms with van der Waals surface area (Å²) >= 11 is 1.43. The zero-order chi connectivity index (χ0) is 13.4. The second kappa shape index (κ2) is 8.02. The molecule has 0 saturated heterocycles. The first-order chi connectivity index (χ1) is 8.61. The number of aromatic nitrogens is 1. The Bertz CT molecular complexity index is 370. The van der Waals surface area contributed by atoms with Crippen molar-refractivity contribution in [2.24, 2.45) is 0 Å². The molecule has 0 saturated carbocycles. The zero-order valence-electron chi connectivity index (χ0n) is 10.7. The van der Waals surface area contributed by atoms with Crippen molar-refractivity contribution >= 4 is 22.4 Å². The van der Waals surface area contributed by atoms with Crippen molar-refractivity contribution in [2.45, 2.75) is 6.42 Å². The molecule has 0 bridgehead atoms. The monoisotopic (exact) mass is 273 g/mol. The van der Waals surface area contributed by atoms with E-state index in [9.17, 15) is 4.79 Å². The number of carboxylic acid groups (broad SMARTS) is 1. The number of nitrogens with one attached hydrogen (secondary N) is 1. The molecule has 1 heterocycles. The van der Waals surface area contributed by atoms with E-state index in [1.807, 2.05) is 7.05 Å². The summed E-state index contributed by atoms with van der Waals surface area (Å²) in [7, 11) is 3.71. The lowest BCUT2D eigenvalue weighted by Gasteiger charge is -2.15. The maximum atomic E-state index is 10.5. The van der Waals surface area contributed by atoms with Crippen LogP contribution in [-0.4, -0.2) is 61.4 Å². The molecule has 0 amide bonds. The minimum atomic E-state index is -0.855. The third-order valence-electron chi connectivity index (χ3n) is 2.33. The fourth-order valence-electron chi connectivity index (χ4n) is 1.34. The molecule has 0 aromatic carbocycles. The van der Waals surface area contributed by atoms with Gasteiger partial charge in [-0.1, -0.05) is 0 Å². The van der Waals surface area contributed by atoms with Crippen molar-refractivity contribution in [3.63, 3.8) is 0 Å². The topological polar surface area (TPSA) is 74.7 Å². The van der Waals surface area contributed by atoms with Gasteiger partial charge in [-0.25, -0.2) is 4.98 Å². The molecule has 1 aromatic heterocycles.